The molecule has 3 heteroatoms. The third-order valence-corrected chi connectivity index (χ3v) is 4.26. The van der Waals surface area contributed by atoms with E-state index in [4.69, 9.17) is 4.42 Å². The molecule has 0 spiro atoms. The second-order valence-electron chi connectivity index (χ2n) is 5.72. The highest BCUT2D eigenvalue weighted by atomic mass is 16.5. The molecule has 0 aliphatic carbocycles. The van der Waals surface area contributed by atoms with Crippen LogP contribution in [0.15, 0.2) is 77.2 Å². The van der Waals surface area contributed by atoms with Crippen LogP contribution in [-0.2, 0) is 6.54 Å². The number of aromatic nitrogens is 1. The molecule has 0 fully saturated rings. The lowest BCUT2D eigenvalue weighted by molar-refractivity contribution is -0.675. The minimum absolute atomic E-state index is 0.300. The molecule has 1 heterocycles. The predicted molar refractivity (Wildman–Crippen MR) is 92.4 cm³/mol. The molecule has 0 amide bonds. The minimum atomic E-state index is -0.300. The first kappa shape index (κ1) is 14.5. The van der Waals surface area contributed by atoms with Crippen LogP contribution in [0.3, 0.4) is 0 Å². The summed E-state index contributed by atoms with van der Waals surface area (Å²) in [6, 6.07) is 23.9. The number of hydrogen-bond acceptors (Lipinski definition) is 2. The summed E-state index contributed by atoms with van der Waals surface area (Å²) in [5.41, 5.74) is 2.39. The number of oxazole rings is 1. The first-order chi connectivity index (χ1) is 11.8. The first-order valence-electron chi connectivity index (χ1n) is 8.06. The Labute approximate surface area is 140 Å². The molecule has 0 aliphatic heterocycles. The van der Waals surface area contributed by atoms with Crippen molar-refractivity contribution in [1.82, 2.24) is 0 Å². The van der Waals surface area contributed by atoms with Crippen LogP contribution in [0, 0.1) is 0 Å². The monoisotopic (exact) mass is 315 g/mol. The standard InChI is InChI=1S/C21H17NO2/c1-2-22-19(18-13-12-15-8-6-7-11-17(15)14-18)21(23)24-20(22)16-9-4-3-5-10-16/h3-14H,2H2,1H3. The second-order valence-corrected chi connectivity index (χ2v) is 5.72. The maximum Gasteiger partial charge on any atom is 0.269 e. The molecular weight excluding hydrogens is 298 g/mol. The highest BCUT2D eigenvalue weighted by molar-refractivity contribution is 5.86. The van der Waals surface area contributed by atoms with Crippen molar-refractivity contribution in [2.45, 2.75) is 13.5 Å². The normalized spacial score (nSPS) is 11.0. The van der Waals surface area contributed by atoms with Crippen molar-refractivity contribution in [3.05, 3.63) is 72.8 Å². The zero-order valence-corrected chi connectivity index (χ0v) is 13.4. The molecule has 4 aromatic rings. The highest BCUT2D eigenvalue weighted by Crippen LogP contribution is 2.31. The molecule has 0 atom stereocenters. The summed E-state index contributed by atoms with van der Waals surface area (Å²) in [5.74, 6) is 0.303. The van der Waals surface area contributed by atoms with Gasteiger partial charge < -0.3 is 9.52 Å². The fourth-order valence-electron chi connectivity index (χ4n) is 3.11. The molecular formula is C21H17NO2. The van der Waals surface area contributed by atoms with Crippen molar-refractivity contribution in [3.63, 3.8) is 0 Å². The van der Waals surface area contributed by atoms with Gasteiger partial charge in [-0.1, -0.05) is 48.5 Å². The molecule has 0 unspecified atom stereocenters. The summed E-state index contributed by atoms with van der Waals surface area (Å²) < 4.78 is 7.54. The molecule has 0 saturated heterocycles. The van der Waals surface area contributed by atoms with Crippen LogP contribution >= 0.6 is 0 Å². The van der Waals surface area contributed by atoms with E-state index < -0.39 is 0 Å². The van der Waals surface area contributed by atoms with E-state index in [2.05, 4.69) is 12.1 Å². The molecule has 0 saturated carbocycles. The van der Waals surface area contributed by atoms with Gasteiger partial charge in [0.05, 0.1) is 5.56 Å². The van der Waals surface area contributed by atoms with E-state index in [1.807, 2.05) is 72.2 Å². The summed E-state index contributed by atoms with van der Waals surface area (Å²) in [6.07, 6.45) is 0. The Morgan fingerprint density at radius 1 is 0.833 bits per heavy atom. The van der Waals surface area contributed by atoms with E-state index in [9.17, 15) is 5.11 Å². The van der Waals surface area contributed by atoms with Gasteiger partial charge in [-0.2, -0.15) is 4.57 Å². The molecule has 0 aliphatic rings. The number of nitrogens with zero attached hydrogens (tertiary/aromatic N) is 1. The maximum absolute atomic E-state index is 12.5. The number of benzene rings is 3. The van der Waals surface area contributed by atoms with Crippen LogP contribution in [-0.4, -0.2) is 0 Å². The smallest absolute Gasteiger partial charge is 0.269 e. The van der Waals surface area contributed by atoms with Gasteiger partial charge in [-0.3, -0.25) is 0 Å². The highest BCUT2D eigenvalue weighted by Gasteiger charge is 2.23. The van der Waals surface area contributed by atoms with Gasteiger partial charge in [0.15, 0.2) is 0 Å². The average molecular weight is 315 g/mol. The average Bonchev–Trinajstić information content (AvgIpc) is 2.98. The van der Waals surface area contributed by atoms with Crippen LogP contribution < -0.4 is 9.67 Å². The van der Waals surface area contributed by atoms with E-state index in [1.54, 1.807) is 0 Å². The number of rotatable bonds is 3. The molecule has 0 radical (unpaired) electrons. The minimum Gasteiger partial charge on any atom is -0.540 e. The molecule has 24 heavy (non-hydrogen) atoms. The lowest BCUT2D eigenvalue weighted by Crippen LogP contribution is -2.35. The second kappa shape index (κ2) is 5.85. The van der Waals surface area contributed by atoms with Gasteiger partial charge in [-0.15, -0.1) is 0 Å². The van der Waals surface area contributed by atoms with Crippen LogP contribution in [0.5, 0.6) is 5.95 Å². The molecule has 0 bridgehead atoms. The Kier molecular flexibility index (Phi) is 3.54. The van der Waals surface area contributed by atoms with E-state index >= 15 is 0 Å². The van der Waals surface area contributed by atoms with Crippen LogP contribution in [0.4, 0.5) is 0 Å². The third-order valence-electron chi connectivity index (χ3n) is 4.26. The Hall–Kier alpha value is -3.07. The molecule has 118 valence electrons. The van der Waals surface area contributed by atoms with Gasteiger partial charge in [0.2, 0.25) is 5.69 Å². The zero-order valence-electron chi connectivity index (χ0n) is 13.4. The maximum atomic E-state index is 12.5. The molecule has 1 aromatic heterocycles. The number of hydrogen-bond donors (Lipinski definition) is 0. The largest absolute Gasteiger partial charge is 0.540 e. The topological polar surface area (TPSA) is 40.1 Å². The number of fused-ring (bicyclic) bond motifs is 1. The summed E-state index contributed by atoms with van der Waals surface area (Å²) in [5, 5.41) is 14.8. The van der Waals surface area contributed by atoms with Crippen molar-refractivity contribution in [2.75, 3.05) is 0 Å². The quantitative estimate of drug-likeness (QED) is 0.533. The van der Waals surface area contributed by atoms with Crippen molar-refractivity contribution in [3.8, 4) is 28.7 Å². The van der Waals surface area contributed by atoms with Crippen molar-refractivity contribution in [1.29, 1.82) is 0 Å². The van der Waals surface area contributed by atoms with Gasteiger partial charge in [0.25, 0.3) is 5.89 Å². The van der Waals surface area contributed by atoms with Crippen molar-refractivity contribution in [2.24, 2.45) is 0 Å². The predicted octanol–water partition coefficient (Wildman–Crippen LogP) is 4.15. The zero-order chi connectivity index (χ0) is 16.5. The summed E-state index contributed by atoms with van der Waals surface area (Å²) >= 11 is 0. The van der Waals surface area contributed by atoms with E-state index in [-0.39, 0.29) is 5.95 Å². The van der Waals surface area contributed by atoms with Crippen molar-refractivity contribution < 1.29 is 14.1 Å². The summed E-state index contributed by atoms with van der Waals surface area (Å²) in [4.78, 5) is 0. The Bertz CT molecular complexity index is 1000. The fourth-order valence-corrected chi connectivity index (χ4v) is 3.11. The lowest BCUT2D eigenvalue weighted by Gasteiger charge is -2.04. The van der Waals surface area contributed by atoms with E-state index in [0.717, 1.165) is 21.9 Å². The molecule has 0 N–H and O–H groups in total. The molecule has 4 rings (SSSR count). The van der Waals surface area contributed by atoms with Gasteiger partial charge in [-0.25, -0.2) is 0 Å². The van der Waals surface area contributed by atoms with Crippen LogP contribution in [0.2, 0.25) is 0 Å². The Morgan fingerprint density at radius 3 is 2.29 bits per heavy atom. The Balaban J connectivity index is 1.92. The van der Waals surface area contributed by atoms with Gasteiger partial charge in [-0.05, 0) is 42.0 Å². The van der Waals surface area contributed by atoms with Crippen LogP contribution in [0.1, 0.15) is 6.92 Å². The van der Waals surface area contributed by atoms with Gasteiger partial charge in [0, 0.05) is 5.56 Å². The van der Waals surface area contributed by atoms with E-state index in [1.165, 1.54) is 0 Å². The van der Waals surface area contributed by atoms with E-state index in [0.29, 0.717) is 18.1 Å². The van der Waals surface area contributed by atoms with Gasteiger partial charge >= 0.3 is 0 Å². The molecule has 3 aromatic carbocycles. The van der Waals surface area contributed by atoms with Gasteiger partial charge in [0.1, 0.15) is 12.5 Å². The SMILES string of the molecule is CC[n+]1c(-c2ccccc2)oc([O-])c1-c1ccc2ccccc2c1. The van der Waals surface area contributed by atoms with Crippen LogP contribution in [0.25, 0.3) is 33.5 Å². The summed E-state index contributed by atoms with van der Waals surface area (Å²) in [6.45, 7) is 2.68. The third kappa shape index (κ3) is 2.35. The van der Waals surface area contributed by atoms with Crippen molar-refractivity contribution >= 4 is 10.8 Å². The first-order valence-corrected chi connectivity index (χ1v) is 8.06. The Morgan fingerprint density at radius 2 is 1.54 bits per heavy atom. The summed E-state index contributed by atoms with van der Waals surface area (Å²) in [7, 11) is 0. The molecule has 3 nitrogen and oxygen atoms in total. The lowest BCUT2D eigenvalue weighted by atomic mass is 10.1. The fraction of sp³-hybridized carbons (Fsp3) is 0.0952.